The molecule has 1 fully saturated rings. The third-order valence-corrected chi connectivity index (χ3v) is 5.38. The summed E-state index contributed by atoms with van der Waals surface area (Å²) in [5, 5.41) is 0.924. The van der Waals surface area contributed by atoms with Gasteiger partial charge in [0.05, 0.1) is 7.11 Å². The van der Waals surface area contributed by atoms with Gasteiger partial charge in [0, 0.05) is 18.0 Å². The zero-order valence-corrected chi connectivity index (χ0v) is 13.8. The molecule has 0 spiro atoms. The number of nitrogens with zero attached hydrogens (tertiary/aromatic N) is 2. The van der Waals surface area contributed by atoms with Gasteiger partial charge >= 0.3 is 5.97 Å². The van der Waals surface area contributed by atoms with Crippen molar-refractivity contribution >= 4 is 22.4 Å². The first-order valence-electron chi connectivity index (χ1n) is 7.12. The van der Waals surface area contributed by atoms with Crippen molar-refractivity contribution < 1.29 is 9.53 Å². The lowest BCUT2D eigenvalue weighted by atomic mass is 9.75. The van der Waals surface area contributed by atoms with Crippen LogP contribution < -0.4 is 4.90 Å². The molecule has 0 amide bonds. The van der Waals surface area contributed by atoms with E-state index in [-0.39, 0.29) is 5.97 Å². The van der Waals surface area contributed by atoms with E-state index in [9.17, 15) is 4.79 Å². The largest absolute Gasteiger partial charge is 0.464 e. The zero-order chi connectivity index (χ0) is 14.9. The number of methoxy groups -OCH3 is 1. The van der Waals surface area contributed by atoms with Crippen LogP contribution in [0.1, 0.15) is 54.9 Å². The number of thiazole rings is 1. The highest BCUT2D eigenvalue weighted by Crippen LogP contribution is 2.38. The number of hydrogen-bond donors (Lipinski definition) is 0. The average Bonchev–Trinajstić information content (AvgIpc) is 2.79. The topological polar surface area (TPSA) is 42.4 Å². The van der Waals surface area contributed by atoms with Crippen molar-refractivity contribution in [1.82, 2.24) is 4.98 Å². The number of ether oxygens (including phenoxy) is 1. The highest BCUT2D eigenvalue weighted by atomic mass is 32.1. The summed E-state index contributed by atoms with van der Waals surface area (Å²) in [5.74, 6) is -0.344. The number of anilines is 1. The Morgan fingerprint density at radius 2 is 2.00 bits per heavy atom. The monoisotopic (exact) mass is 296 g/mol. The molecule has 2 rings (SSSR count). The van der Waals surface area contributed by atoms with Gasteiger partial charge in [-0.25, -0.2) is 9.78 Å². The fraction of sp³-hybridized carbons (Fsp3) is 0.733. The first kappa shape index (κ1) is 15.3. The van der Waals surface area contributed by atoms with Crippen LogP contribution in [0, 0.1) is 12.3 Å². The summed E-state index contributed by atoms with van der Waals surface area (Å²) in [6.07, 6.45) is 4.87. The van der Waals surface area contributed by atoms with E-state index in [1.165, 1.54) is 32.8 Å². The number of aryl methyl sites for hydroxylation is 1. The molecule has 1 aromatic rings. The molecule has 0 radical (unpaired) electrons. The lowest BCUT2D eigenvalue weighted by molar-refractivity contribution is 0.0594. The van der Waals surface area contributed by atoms with Crippen molar-refractivity contribution in [3.05, 3.63) is 10.6 Å². The second-order valence-corrected chi connectivity index (χ2v) is 7.58. The Bertz CT molecular complexity index is 486. The molecule has 1 aromatic heterocycles. The van der Waals surface area contributed by atoms with Gasteiger partial charge < -0.3 is 9.64 Å². The Kier molecular flexibility index (Phi) is 4.37. The highest BCUT2D eigenvalue weighted by molar-refractivity contribution is 7.15. The van der Waals surface area contributed by atoms with E-state index < -0.39 is 0 Å². The van der Waals surface area contributed by atoms with E-state index >= 15 is 0 Å². The van der Waals surface area contributed by atoms with Crippen molar-refractivity contribution in [1.29, 1.82) is 0 Å². The highest BCUT2D eigenvalue weighted by Gasteiger charge is 2.30. The number of esters is 1. The summed E-state index contributed by atoms with van der Waals surface area (Å²) in [5.41, 5.74) is 0.920. The number of rotatable bonds is 3. The van der Waals surface area contributed by atoms with Crippen LogP contribution in [0.3, 0.4) is 0 Å². The van der Waals surface area contributed by atoms with Crippen molar-refractivity contribution in [2.24, 2.45) is 5.41 Å². The second-order valence-electron chi connectivity index (χ2n) is 6.40. The van der Waals surface area contributed by atoms with Gasteiger partial charge in [0.1, 0.15) is 0 Å². The molecular formula is C15H24N2O2S. The molecule has 0 N–H and O–H groups in total. The predicted octanol–water partition coefficient (Wildman–Crippen LogP) is 3.64. The minimum atomic E-state index is -0.344. The van der Waals surface area contributed by atoms with Crippen LogP contribution in [-0.4, -0.2) is 31.2 Å². The Labute approximate surface area is 125 Å². The molecule has 1 heterocycles. The van der Waals surface area contributed by atoms with Crippen LogP contribution >= 0.6 is 11.3 Å². The van der Waals surface area contributed by atoms with Crippen LogP contribution in [0.4, 0.5) is 5.13 Å². The first-order valence-corrected chi connectivity index (χ1v) is 7.94. The fourth-order valence-corrected chi connectivity index (χ4v) is 3.68. The summed E-state index contributed by atoms with van der Waals surface area (Å²) in [6.45, 7) is 6.60. The van der Waals surface area contributed by atoms with E-state index in [1.807, 2.05) is 6.92 Å². The van der Waals surface area contributed by atoms with Crippen molar-refractivity contribution in [3.8, 4) is 0 Å². The number of hydrogen-bond acceptors (Lipinski definition) is 5. The van der Waals surface area contributed by atoms with Crippen LogP contribution in [-0.2, 0) is 4.74 Å². The van der Waals surface area contributed by atoms with Crippen molar-refractivity contribution in [3.63, 3.8) is 0 Å². The Morgan fingerprint density at radius 3 is 2.55 bits per heavy atom. The van der Waals surface area contributed by atoms with E-state index in [2.05, 4.69) is 30.8 Å². The molecule has 1 aliphatic carbocycles. The Hall–Kier alpha value is -1.10. The van der Waals surface area contributed by atoms with Crippen LogP contribution in [0.15, 0.2) is 0 Å². The summed E-state index contributed by atoms with van der Waals surface area (Å²) < 4.78 is 4.77. The van der Waals surface area contributed by atoms with Gasteiger partial charge in [0.15, 0.2) is 10.8 Å². The maximum Gasteiger partial charge on any atom is 0.357 e. The predicted molar refractivity (Wildman–Crippen MR) is 82.6 cm³/mol. The summed E-state index contributed by atoms with van der Waals surface area (Å²) >= 11 is 1.57. The van der Waals surface area contributed by atoms with Gasteiger partial charge in [-0.1, -0.05) is 13.8 Å². The van der Waals surface area contributed by atoms with Gasteiger partial charge in [-0.3, -0.25) is 0 Å². The molecule has 0 saturated heterocycles. The Morgan fingerprint density at radius 1 is 1.40 bits per heavy atom. The van der Waals surface area contributed by atoms with Gasteiger partial charge in [-0.15, -0.1) is 11.3 Å². The molecule has 20 heavy (non-hydrogen) atoms. The minimum absolute atomic E-state index is 0.344. The molecule has 5 heteroatoms. The van der Waals surface area contributed by atoms with Gasteiger partial charge in [-0.2, -0.15) is 0 Å². The molecule has 0 aliphatic heterocycles. The molecule has 0 aromatic carbocycles. The lowest BCUT2D eigenvalue weighted by Gasteiger charge is -2.38. The van der Waals surface area contributed by atoms with Gasteiger partial charge in [0.2, 0.25) is 0 Å². The standard InChI is InChI=1S/C15H24N2O2S/c1-10-12(13(18)19-5)16-14(20-10)17(4)11-6-8-15(2,3)9-7-11/h11H,6-9H2,1-5H3. The number of aromatic nitrogens is 1. The third-order valence-electron chi connectivity index (χ3n) is 4.32. The zero-order valence-electron chi connectivity index (χ0n) is 13.0. The fourth-order valence-electron chi connectivity index (χ4n) is 2.75. The molecule has 0 atom stereocenters. The molecule has 1 aliphatic rings. The maximum atomic E-state index is 11.6. The van der Waals surface area contributed by atoms with E-state index in [1.54, 1.807) is 11.3 Å². The summed E-state index contributed by atoms with van der Waals surface area (Å²) in [4.78, 5) is 19.3. The second kappa shape index (κ2) is 5.72. The molecule has 1 saturated carbocycles. The maximum absolute atomic E-state index is 11.6. The molecule has 4 nitrogen and oxygen atoms in total. The van der Waals surface area contributed by atoms with Crippen molar-refractivity contribution in [2.75, 3.05) is 19.1 Å². The third kappa shape index (κ3) is 3.14. The van der Waals surface area contributed by atoms with Crippen LogP contribution in [0.5, 0.6) is 0 Å². The van der Waals surface area contributed by atoms with Crippen LogP contribution in [0.2, 0.25) is 0 Å². The van der Waals surface area contributed by atoms with E-state index in [0.717, 1.165) is 10.0 Å². The number of carbonyl (C=O) groups excluding carboxylic acids is 1. The lowest BCUT2D eigenvalue weighted by Crippen LogP contribution is -2.37. The number of carbonyl (C=O) groups is 1. The van der Waals surface area contributed by atoms with E-state index in [0.29, 0.717) is 17.2 Å². The molecular weight excluding hydrogens is 272 g/mol. The average molecular weight is 296 g/mol. The summed E-state index contributed by atoms with van der Waals surface area (Å²) in [6, 6.07) is 0.527. The molecule has 0 bridgehead atoms. The van der Waals surface area contributed by atoms with Gasteiger partial charge in [0.25, 0.3) is 0 Å². The quantitative estimate of drug-likeness (QED) is 0.799. The summed E-state index contributed by atoms with van der Waals surface area (Å²) in [7, 11) is 3.48. The van der Waals surface area contributed by atoms with Crippen molar-refractivity contribution in [2.45, 2.75) is 52.5 Å². The first-order chi connectivity index (χ1) is 9.34. The smallest absolute Gasteiger partial charge is 0.357 e. The SMILES string of the molecule is COC(=O)c1nc(N(C)C2CCC(C)(C)CC2)sc1C. The van der Waals surface area contributed by atoms with E-state index in [4.69, 9.17) is 4.74 Å². The molecule has 112 valence electrons. The minimum Gasteiger partial charge on any atom is -0.464 e. The Balaban J connectivity index is 2.10. The van der Waals surface area contributed by atoms with Crippen LogP contribution in [0.25, 0.3) is 0 Å². The molecule has 0 unspecified atom stereocenters. The normalized spacial score (nSPS) is 18.9. The van der Waals surface area contributed by atoms with Gasteiger partial charge in [-0.05, 0) is 38.0 Å².